The van der Waals surface area contributed by atoms with Gasteiger partial charge in [-0.1, -0.05) is 18.9 Å². The van der Waals surface area contributed by atoms with Crippen LogP contribution in [-0.4, -0.2) is 32.0 Å². The summed E-state index contributed by atoms with van der Waals surface area (Å²) in [6, 6.07) is 5.28. The molecule has 2 rings (SSSR count). The molecule has 0 heterocycles. The van der Waals surface area contributed by atoms with Gasteiger partial charge in [-0.15, -0.1) is 0 Å². The molecule has 1 aromatic rings. The van der Waals surface area contributed by atoms with Crippen LogP contribution in [0.25, 0.3) is 0 Å². The Bertz CT molecular complexity index is 481. The van der Waals surface area contributed by atoms with Crippen molar-refractivity contribution < 1.29 is 19.1 Å². The molecule has 108 valence electrons. The molecule has 0 radical (unpaired) electrons. The SMILES string of the molecule is COc1cccc(C=O)c1OCC(=O)NC1CCCC1. The molecule has 1 saturated carbocycles. The minimum atomic E-state index is -0.167. The van der Waals surface area contributed by atoms with Gasteiger partial charge in [-0.2, -0.15) is 0 Å². The Morgan fingerprint density at radius 2 is 2.15 bits per heavy atom. The van der Waals surface area contributed by atoms with E-state index in [1.807, 2.05) is 0 Å². The first-order valence-electron chi connectivity index (χ1n) is 6.79. The molecule has 1 amide bonds. The van der Waals surface area contributed by atoms with E-state index in [4.69, 9.17) is 9.47 Å². The van der Waals surface area contributed by atoms with E-state index in [-0.39, 0.29) is 18.6 Å². The number of rotatable bonds is 6. The molecule has 0 unspecified atom stereocenters. The summed E-state index contributed by atoms with van der Waals surface area (Å²) in [6.07, 6.45) is 5.06. The molecule has 20 heavy (non-hydrogen) atoms. The second-order valence-electron chi connectivity index (χ2n) is 4.83. The number of amides is 1. The Kier molecular flexibility index (Phi) is 4.98. The van der Waals surface area contributed by atoms with Crippen LogP contribution in [0, 0.1) is 0 Å². The first-order valence-corrected chi connectivity index (χ1v) is 6.79. The molecule has 0 atom stereocenters. The van der Waals surface area contributed by atoms with E-state index in [2.05, 4.69) is 5.32 Å². The van der Waals surface area contributed by atoms with Gasteiger partial charge >= 0.3 is 0 Å². The van der Waals surface area contributed by atoms with E-state index in [1.54, 1.807) is 18.2 Å². The maximum atomic E-state index is 11.8. The van der Waals surface area contributed by atoms with Crippen molar-refractivity contribution in [2.24, 2.45) is 0 Å². The van der Waals surface area contributed by atoms with E-state index < -0.39 is 0 Å². The van der Waals surface area contributed by atoms with E-state index in [1.165, 1.54) is 7.11 Å². The third-order valence-electron chi connectivity index (χ3n) is 3.42. The van der Waals surface area contributed by atoms with Crippen molar-refractivity contribution in [3.63, 3.8) is 0 Å². The summed E-state index contributed by atoms with van der Waals surface area (Å²) in [5.41, 5.74) is 0.373. The van der Waals surface area contributed by atoms with Crippen molar-refractivity contribution in [1.29, 1.82) is 0 Å². The van der Waals surface area contributed by atoms with Crippen LogP contribution in [0.4, 0.5) is 0 Å². The van der Waals surface area contributed by atoms with E-state index >= 15 is 0 Å². The second-order valence-corrected chi connectivity index (χ2v) is 4.83. The molecule has 1 aliphatic rings. The van der Waals surface area contributed by atoms with Crippen molar-refractivity contribution in [1.82, 2.24) is 5.32 Å². The molecule has 0 spiro atoms. The zero-order chi connectivity index (χ0) is 14.4. The maximum absolute atomic E-state index is 11.8. The summed E-state index contributed by atoms with van der Waals surface area (Å²) < 4.78 is 10.6. The highest BCUT2D eigenvalue weighted by Crippen LogP contribution is 2.29. The molecule has 1 fully saturated rings. The first kappa shape index (κ1) is 14.4. The number of methoxy groups -OCH3 is 1. The number of hydrogen-bond acceptors (Lipinski definition) is 4. The van der Waals surface area contributed by atoms with Crippen LogP contribution in [0.2, 0.25) is 0 Å². The van der Waals surface area contributed by atoms with E-state index in [0.717, 1.165) is 25.7 Å². The van der Waals surface area contributed by atoms with Gasteiger partial charge < -0.3 is 14.8 Å². The van der Waals surface area contributed by atoms with Gasteiger partial charge in [0, 0.05) is 6.04 Å². The third-order valence-corrected chi connectivity index (χ3v) is 3.42. The summed E-state index contributed by atoms with van der Waals surface area (Å²) in [5, 5.41) is 2.93. The van der Waals surface area contributed by atoms with Crippen molar-refractivity contribution in [3.8, 4) is 11.5 Å². The number of para-hydroxylation sites is 1. The highest BCUT2D eigenvalue weighted by atomic mass is 16.5. The topological polar surface area (TPSA) is 64.6 Å². The van der Waals surface area contributed by atoms with Gasteiger partial charge in [0.15, 0.2) is 24.4 Å². The number of hydrogen-bond donors (Lipinski definition) is 1. The molecular formula is C15H19NO4. The Balaban J connectivity index is 1.95. The van der Waals surface area contributed by atoms with Crippen molar-refractivity contribution in [2.75, 3.05) is 13.7 Å². The van der Waals surface area contributed by atoms with Gasteiger partial charge in [-0.05, 0) is 25.0 Å². The van der Waals surface area contributed by atoms with Gasteiger partial charge in [-0.25, -0.2) is 0 Å². The summed E-state index contributed by atoms with van der Waals surface area (Å²) in [4.78, 5) is 22.8. The summed E-state index contributed by atoms with van der Waals surface area (Å²) in [7, 11) is 1.50. The molecule has 0 bridgehead atoms. The van der Waals surface area contributed by atoms with Crippen LogP contribution >= 0.6 is 0 Å². The zero-order valence-corrected chi connectivity index (χ0v) is 11.6. The normalized spacial score (nSPS) is 14.8. The number of carbonyl (C=O) groups excluding carboxylic acids is 2. The van der Waals surface area contributed by atoms with Crippen LogP contribution in [0.3, 0.4) is 0 Å². The Labute approximate surface area is 118 Å². The highest BCUT2D eigenvalue weighted by Gasteiger charge is 2.18. The molecule has 5 nitrogen and oxygen atoms in total. The fourth-order valence-corrected chi connectivity index (χ4v) is 2.42. The van der Waals surface area contributed by atoms with Crippen LogP contribution < -0.4 is 14.8 Å². The average Bonchev–Trinajstić information content (AvgIpc) is 2.97. The second kappa shape index (κ2) is 6.93. The van der Waals surface area contributed by atoms with Gasteiger partial charge in [0.1, 0.15) is 0 Å². The van der Waals surface area contributed by atoms with Crippen LogP contribution in [-0.2, 0) is 4.79 Å². The van der Waals surface area contributed by atoms with Crippen molar-refractivity contribution in [2.45, 2.75) is 31.7 Å². The molecular weight excluding hydrogens is 258 g/mol. The fraction of sp³-hybridized carbons (Fsp3) is 0.467. The lowest BCUT2D eigenvalue weighted by Crippen LogP contribution is -2.36. The highest BCUT2D eigenvalue weighted by molar-refractivity contribution is 5.82. The standard InChI is InChI=1S/C15H19NO4/c1-19-13-8-4-5-11(9-17)15(13)20-10-14(18)16-12-6-2-3-7-12/h4-5,8-9,12H,2-3,6-7,10H2,1H3,(H,16,18). The smallest absolute Gasteiger partial charge is 0.258 e. The molecule has 1 N–H and O–H groups in total. The fourth-order valence-electron chi connectivity index (χ4n) is 2.42. The lowest BCUT2D eigenvalue weighted by Gasteiger charge is -2.14. The molecule has 5 heteroatoms. The minimum Gasteiger partial charge on any atom is -0.493 e. The van der Waals surface area contributed by atoms with Crippen molar-refractivity contribution >= 4 is 12.2 Å². The van der Waals surface area contributed by atoms with Gasteiger partial charge in [0.2, 0.25) is 0 Å². The van der Waals surface area contributed by atoms with Crippen LogP contribution in [0.5, 0.6) is 11.5 Å². The lowest BCUT2D eigenvalue weighted by molar-refractivity contribution is -0.123. The number of benzene rings is 1. The molecule has 1 aromatic carbocycles. The number of aldehydes is 1. The Morgan fingerprint density at radius 1 is 1.40 bits per heavy atom. The quantitative estimate of drug-likeness (QED) is 0.807. The summed E-state index contributed by atoms with van der Waals surface area (Å²) >= 11 is 0. The van der Waals surface area contributed by atoms with Gasteiger partial charge in [0.25, 0.3) is 5.91 Å². The Morgan fingerprint density at radius 3 is 2.80 bits per heavy atom. The van der Waals surface area contributed by atoms with Crippen molar-refractivity contribution in [3.05, 3.63) is 23.8 Å². The minimum absolute atomic E-state index is 0.113. The number of ether oxygens (including phenoxy) is 2. The molecule has 0 aromatic heterocycles. The Hall–Kier alpha value is -2.04. The first-order chi connectivity index (χ1) is 9.74. The van der Waals surface area contributed by atoms with Crippen LogP contribution in [0.15, 0.2) is 18.2 Å². The summed E-state index contributed by atoms with van der Waals surface area (Å²) in [6.45, 7) is -0.113. The monoisotopic (exact) mass is 277 g/mol. The predicted molar refractivity (Wildman–Crippen MR) is 74.3 cm³/mol. The molecule has 1 aliphatic carbocycles. The molecule has 0 aliphatic heterocycles. The van der Waals surface area contributed by atoms with Gasteiger partial charge in [-0.3, -0.25) is 9.59 Å². The maximum Gasteiger partial charge on any atom is 0.258 e. The van der Waals surface area contributed by atoms with E-state index in [9.17, 15) is 9.59 Å². The largest absolute Gasteiger partial charge is 0.493 e. The van der Waals surface area contributed by atoms with Gasteiger partial charge in [0.05, 0.1) is 12.7 Å². The zero-order valence-electron chi connectivity index (χ0n) is 11.6. The van der Waals surface area contributed by atoms with Crippen LogP contribution in [0.1, 0.15) is 36.0 Å². The number of carbonyl (C=O) groups is 2. The average molecular weight is 277 g/mol. The third kappa shape index (κ3) is 3.50. The number of nitrogens with one attached hydrogen (secondary N) is 1. The molecule has 0 saturated heterocycles. The summed E-state index contributed by atoms with van der Waals surface area (Å²) in [5.74, 6) is 0.592. The lowest BCUT2D eigenvalue weighted by atomic mass is 10.2. The predicted octanol–water partition coefficient (Wildman–Crippen LogP) is 1.95. The van der Waals surface area contributed by atoms with E-state index in [0.29, 0.717) is 23.3 Å².